The van der Waals surface area contributed by atoms with Crippen LogP contribution in [0.4, 0.5) is 0 Å². The molecule has 5 heteroatoms. The zero-order valence-corrected chi connectivity index (χ0v) is 13.2. The van der Waals surface area contributed by atoms with Crippen LogP contribution in [0.2, 0.25) is 0 Å². The second-order valence-electron chi connectivity index (χ2n) is 6.37. The molecule has 23 heavy (non-hydrogen) atoms. The van der Waals surface area contributed by atoms with Gasteiger partial charge in [-0.3, -0.25) is 4.79 Å². The summed E-state index contributed by atoms with van der Waals surface area (Å²) in [6.45, 7) is 1.72. The first-order chi connectivity index (χ1) is 11.2. The second kappa shape index (κ2) is 5.57. The summed E-state index contributed by atoms with van der Waals surface area (Å²) in [7, 11) is 1.89. The van der Waals surface area contributed by atoms with E-state index in [1.807, 2.05) is 54.8 Å². The fraction of sp³-hybridized carbons (Fsp3) is 0.333. The number of carbonyl (C=O) groups excluding carboxylic acids is 1. The van der Waals surface area contributed by atoms with Crippen molar-refractivity contribution in [1.29, 1.82) is 0 Å². The van der Waals surface area contributed by atoms with Gasteiger partial charge in [0.05, 0.1) is 0 Å². The molecule has 3 aromatic rings. The molecule has 1 unspecified atom stereocenters. The molecule has 0 aliphatic carbocycles. The number of hydrogen-bond donors (Lipinski definition) is 1. The van der Waals surface area contributed by atoms with Gasteiger partial charge < -0.3 is 14.5 Å². The highest BCUT2D eigenvalue weighted by Crippen LogP contribution is 2.21. The minimum atomic E-state index is 0.0814. The number of aromatic amines is 1. The average molecular weight is 308 g/mol. The van der Waals surface area contributed by atoms with Crippen molar-refractivity contribution >= 4 is 16.8 Å². The number of imidazole rings is 1. The van der Waals surface area contributed by atoms with Gasteiger partial charge in [0, 0.05) is 56.2 Å². The van der Waals surface area contributed by atoms with Crippen LogP contribution in [0.5, 0.6) is 0 Å². The van der Waals surface area contributed by atoms with Crippen molar-refractivity contribution in [2.45, 2.75) is 19.4 Å². The molecular formula is C18H20N4O. The van der Waals surface area contributed by atoms with Crippen LogP contribution in [0.3, 0.4) is 0 Å². The number of nitrogens with zero attached hydrogens (tertiary/aromatic N) is 3. The van der Waals surface area contributed by atoms with Crippen LogP contribution in [-0.4, -0.2) is 38.9 Å². The lowest BCUT2D eigenvalue weighted by molar-refractivity contribution is 0.0760. The van der Waals surface area contributed by atoms with Crippen molar-refractivity contribution in [2.75, 3.05) is 13.6 Å². The molecule has 1 aromatic carbocycles. The quantitative estimate of drug-likeness (QED) is 0.809. The molecule has 1 amide bonds. The highest BCUT2D eigenvalue weighted by molar-refractivity contribution is 5.97. The predicted octanol–water partition coefficient (Wildman–Crippen LogP) is 2.70. The number of H-pyrrole nitrogens is 1. The maximum absolute atomic E-state index is 12.7. The fourth-order valence-electron chi connectivity index (χ4n) is 3.46. The minimum absolute atomic E-state index is 0.0814. The molecule has 2 aromatic heterocycles. The van der Waals surface area contributed by atoms with Crippen LogP contribution in [0.1, 0.15) is 22.6 Å². The van der Waals surface area contributed by atoms with Gasteiger partial charge in [0.15, 0.2) is 0 Å². The van der Waals surface area contributed by atoms with Crippen LogP contribution >= 0.6 is 0 Å². The molecule has 0 saturated heterocycles. The summed E-state index contributed by atoms with van der Waals surface area (Å²) in [4.78, 5) is 22.0. The van der Waals surface area contributed by atoms with Gasteiger partial charge in [0.25, 0.3) is 5.91 Å². The highest BCUT2D eigenvalue weighted by atomic mass is 16.2. The molecule has 1 aliphatic rings. The van der Waals surface area contributed by atoms with Gasteiger partial charge in [-0.2, -0.15) is 0 Å². The Morgan fingerprint density at radius 2 is 2.35 bits per heavy atom. The summed E-state index contributed by atoms with van der Waals surface area (Å²) in [5, 5.41) is 1.13. The van der Waals surface area contributed by atoms with E-state index in [1.54, 1.807) is 0 Å². The van der Waals surface area contributed by atoms with Crippen molar-refractivity contribution in [3.63, 3.8) is 0 Å². The van der Waals surface area contributed by atoms with Crippen LogP contribution in [0.15, 0.2) is 42.9 Å². The zero-order valence-electron chi connectivity index (χ0n) is 13.2. The third kappa shape index (κ3) is 2.63. The van der Waals surface area contributed by atoms with Crippen molar-refractivity contribution in [1.82, 2.24) is 19.4 Å². The first-order valence-electron chi connectivity index (χ1n) is 8.03. The van der Waals surface area contributed by atoms with E-state index in [9.17, 15) is 4.79 Å². The lowest BCUT2D eigenvalue weighted by Crippen LogP contribution is -2.35. The minimum Gasteiger partial charge on any atom is -0.361 e. The van der Waals surface area contributed by atoms with Gasteiger partial charge >= 0.3 is 0 Å². The Morgan fingerprint density at radius 3 is 3.26 bits per heavy atom. The van der Waals surface area contributed by atoms with Crippen molar-refractivity contribution in [3.8, 4) is 0 Å². The number of nitrogens with one attached hydrogen (secondary N) is 1. The number of carbonyl (C=O) groups is 1. The number of aromatic nitrogens is 3. The Labute approximate surface area is 134 Å². The molecule has 1 aliphatic heterocycles. The number of fused-ring (bicyclic) bond motifs is 2. The monoisotopic (exact) mass is 308 g/mol. The SMILES string of the molecule is CN(CC1CCc2nccn2C1)C(=O)c1ccc2cc[nH]c2c1. The van der Waals surface area contributed by atoms with E-state index in [-0.39, 0.29) is 5.91 Å². The summed E-state index contributed by atoms with van der Waals surface area (Å²) in [5.74, 6) is 1.73. The van der Waals surface area contributed by atoms with E-state index in [0.29, 0.717) is 5.92 Å². The molecule has 4 rings (SSSR count). The van der Waals surface area contributed by atoms with Gasteiger partial charge in [0.1, 0.15) is 5.82 Å². The summed E-state index contributed by atoms with van der Waals surface area (Å²) in [6, 6.07) is 7.84. The van der Waals surface area contributed by atoms with Crippen LogP contribution in [-0.2, 0) is 13.0 Å². The van der Waals surface area contributed by atoms with E-state index in [2.05, 4.69) is 14.5 Å². The fourth-order valence-corrected chi connectivity index (χ4v) is 3.46. The Morgan fingerprint density at radius 1 is 1.43 bits per heavy atom. The second-order valence-corrected chi connectivity index (χ2v) is 6.37. The third-order valence-corrected chi connectivity index (χ3v) is 4.71. The maximum Gasteiger partial charge on any atom is 0.253 e. The Kier molecular flexibility index (Phi) is 3.41. The molecule has 0 spiro atoms. The first kappa shape index (κ1) is 14.1. The number of hydrogen-bond acceptors (Lipinski definition) is 2. The molecule has 0 fully saturated rings. The predicted molar refractivity (Wildman–Crippen MR) is 89.3 cm³/mol. The maximum atomic E-state index is 12.7. The molecule has 1 N–H and O–H groups in total. The molecule has 0 saturated carbocycles. The van der Waals surface area contributed by atoms with Crippen LogP contribution in [0.25, 0.3) is 10.9 Å². The van der Waals surface area contributed by atoms with E-state index in [1.165, 1.54) is 0 Å². The first-order valence-corrected chi connectivity index (χ1v) is 8.03. The van der Waals surface area contributed by atoms with Crippen molar-refractivity contribution < 1.29 is 4.79 Å². The van der Waals surface area contributed by atoms with Crippen molar-refractivity contribution in [3.05, 3.63) is 54.2 Å². The summed E-state index contributed by atoms with van der Waals surface area (Å²) in [6.07, 6.45) is 7.87. The number of amides is 1. The number of rotatable bonds is 3. The zero-order chi connectivity index (χ0) is 15.8. The van der Waals surface area contributed by atoms with Gasteiger partial charge in [-0.25, -0.2) is 4.98 Å². The summed E-state index contributed by atoms with van der Waals surface area (Å²) < 4.78 is 2.21. The van der Waals surface area contributed by atoms with Gasteiger partial charge in [-0.1, -0.05) is 6.07 Å². The lowest BCUT2D eigenvalue weighted by Gasteiger charge is -2.28. The molecule has 3 heterocycles. The molecule has 118 valence electrons. The number of aryl methyl sites for hydroxylation is 1. The molecule has 0 radical (unpaired) electrons. The topological polar surface area (TPSA) is 53.9 Å². The Balaban J connectivity index is 1.46. The largest absolute Gasteiger partial charge is 0.361 e. The van der Waals surface area contributed by atoms with Crippen LogP contribution in [0, 0.1) is 5.92 Å². The lowest BCUT2D eigenvalue weighted by atomic mass is 9.98. The van der Waals surface area contributed by atoms with Gasteiger partial charge in [-0.15, -0.1) is 0 Å². The van der Waals surface area contributed by atoms with E-state index in [0.717, 1.165) is 48.2 Å². The third-order valence-electron chi connectivity index (χ3n) is 4.71. The van der Waals surface area contributed by atoms with E-state index < -0.39 is 0 Å². The van der Waals surface area contributed by atoms with E-state index in [4.69, 9.17) is 0 Å². The highest BCUT2D eigenvalue weighted by Gasteiger charge is 2.22. The summed E-state index contributed by atoms with van der Waals surface area (Å²) in [5.41, 5.74) is 1.74. The normalized spacial score (nSPS) is 17.2. The summed E-state index contributed by atoms with van der Waals surface area (Å²) >= 11 is 0. The average Bonchev–Trinajstić information content (AvgIpc) is 3.21. The molecule has 5 nitrogen and oxygen atoms in total. The Bertz CT molecular complexity index is 847. The molecule has 1 atom stereocenters. The Hall–Kier alpha value is -2.56. The van der Waals surface area contributed by atoms with E-state index >= 15 is 0 Å². The van der Waals surface area contributed by atoms with Gasteiger partial charge in [0.2, 0.25) is 0 Å². The van der Waals surface area contributed by atoms with Gasteiger partial charge in [-0.05, 0) is 35.9 Å². The molecular weight excluding hydrogens is 288 g/mol. The molecule has 0 bridgehead atoms. The van der Waals surface area contributed by atoms with Crippen molar-refractivity contribution in [2.24, 2.45) is 5.92 Å². The smallest absolute Gasteiger partial charge is 0.253 e. The van der Waals surface area contributed by atoms with Crippen LogP contribution < -0.4 is 0 Å². The standard InChI is InChI=1S/C18H20N4O/c1-21(11-13-2-5-17-20-8-9-22(17)12-13)18(23)15-4-3-14-6-7-19-16(14)10-15/h3-4,6-10,13,19H,2,5,11-12H2,1H3. The number of benzene rings is 1.